The smallest absolute Gasteiger partial charge is 0.205 e. The number of ether oxygens (including phenoxy) is 1. The third-order valence-electron chi connectivity index (χ3n) is 7.95. The molecule has 47 heavy (non-hydrogen) atoms. The standard InChI is InChI=1S/C20H31N3O.C17H16N4.C2H6/c1-6-12-23-16(3)20(22-4)15(2)13-18(21)11-10-17-8-7-9-19(14-17)24-5;1-2-6-13-11-14(10-9-12(13)5-1)15-7-3-4-8-16(15)17-18-20-21-19-17;1-2/h7-9,13-14,22-23H,3,6,10-12,21H2,1-2,4-5H3;3-4,7-11H,1-2,5-6H2,(H,18,19,20,21);1-2H3/b18-13-,20-15+;;. The van der Waals surface area contributed by atoms with Gasteiger partial charge in [-0.2, -0.15) is 5.21 Å². The fourth-order valence-electron chi connectivity index (χ4n) is 5.60. The molecule has 0 fully saturated rings. The first-order valence-corrected chi connectivity index (χ1v) is 16.8. The van der Waals surface area contributed by atoms with E-state index in [0.29, 0.717) is 5.82 Å². The fourth-order valence-corrected chi connectivity index (χ4v) is 5.60. The number of aromatic nitrogens is 4. The van der Waals surface area contributed by atoms with Crippen molar-refractivity contribution in [2.75, 3.05) is 20.7 Å². The lowest BCUT2D eigenvalue weighted by Crippen LogP contribution is -2.22. The second-order valence-corrected chi connectivity index (χ2v) is 11.3. The highest BCUT2D eigenvalue weighted by Crippen LogP contribution is 2.32. The van der Waals surface area contributed by atoms with Crippen LogP contribution in [0.4, 0.5) is 0 Å². The molecular weight excluding hydrogens is 582 g/mol. The van der Waals surface area contributed by atoms with Crippen molar-refractivity contribution in [2.24, 2.45) is 5.73 Å². The van der Waals surface area contributed by atoms with Gasteiger partial charge in [0.1, 0.15) is 5.75 Å². The molecule has 0 saturated carbocycles. The number of benzene rings is 3. The number of methoxy groups -OCH3 is 1. The molecule has 0 radical (unpaired) electrons. The van der Waals surface area contributed by atoms with Gasteiger partial charge < -0.3 is 21.1 Å². The van der Waals surface area contributed by atoms with Crippen molar-refractivity contribution in [1.29, 1.82) is 0 Å². The zero-order valence-corrected chi connectivity index (χ0v) is 29.1. The maximum Gasteiger partial charge on any atom is 0.205 e. The number of allylic oxidation sites excluding steroid dienone is 3. The molecule has 0 aliphatic heterocycles. The number of H-pyrrole nitrogens is 1. The lowest BCUT2D eigenvalue weighted by Gasteiger charge is -2.17. The summed E-state index contributed by atoms with van der Waals surface area (Å²) in [6.45, 7) is 13.2. The molecule has 250 valence electrons. The van der Waals surface area contributed by atoms with Gasteiger partial charge in [0.2, 0.25) is 5.82 Å². The molecule has 1 heterocycles. The third kappa shape index (κ3) is 10.9. The molecule has 1 aliphatic rings. The maximum absolute atomic E-state index is 6.20. The molecule has 3 aromatic carbocycles. The Morgan fingerprint density at radius 2 is 1.74 bits per heavy atom. The molecule has 0 spiro atoms. The van der Waals surface area contributed by atoms with Gasteiger partial charge in [0.15, 0.2) is 0 Å². The Morgan fingerprint density at radius 3 is 2.43 bits per heavy atom. The van der Waals surface area contributed by atoms with Crippen LogP contribution in [0.25, 0.3) is 22.5 Å². The molecule has 5 N–H and O–H groups in total. The van der Waals surface area contributed by atoms with Crippen molar-refractivity contribution >= 4 is 0 Å². The van der Waals surface area contributed by atoms with E-state index < -0.39 is 0 Å². The van der Waals surface area contributed by atoms with Gasteiger partial charge in [0.25, 0.3) is 0 Å². The van der Waals surface area contributed by atoms with Crippen LogP contribution in [-0.2, 0) is 19.3 Å². The molecule has 1 aromatic heterocycles. The lowest BCUT2D eigenvalue weighted by atomic mass is 9.88. The number of aromatic amines is 1. The first kappa shape index (κ1) is 36.6. The van der Waals surface area contributed by atoms with Gasteiger partial charge in [-0.3, -0.25) is 0 Å². The predicted molar refractivity (Wildman–Crippen MR) is 196 cm³/mol. The van der Waals surface area contributed by atoms with E-state index >= 15 is 0 Å². The van der Waals surface area contributed by atoms with Gasteiger partial charge in [-0.15, -0.1) is 10.2 Å². The average molecular weight is 636 g/mol. The number of tetrazole rings is 1. The molecule has 0 unspecified atom stereocenters. The van der Waals surface area contributed by atoms with Crippen molar-refractivity contribution in [1.82, 2.24) is 31.3 Å². The normalized spacial score (nSPS) is 12.7. The molecule has 4 aromatic rings. The number of hydrogen-bond acceptors (Lipinski definition) is 7. The minimum atomic E-state index is 0.642. The van der Waals surface area contributed by atoms with Crippen LogP contribution in [-0.4, -0.2) is 41.3 Å². The van der Waals surface area contributed by atoms with Crippen LogP contribution in [0.3, 0.4) is 0 Å². The Morgan fingerprint density at radius 1 is 1.00 bits per heavy atom. The minimum absolute atomic E-state index is 0.642. The molecule has 8 heteroatoms. The van der Waals surface area contributed by atoms with E-state index in [2.05, 4.69) is 81.2 Å². The summed E-state index contributed by atoms with van der Waals surface area (Å²) < 4.78 is 5.25. The summed E-state index contributed by atoms with van der Waals surface area (Å²) in [5.74, 6) is 1.52. The van der Waals surface area contributed by atoms with Crippen LogP contribution in [0.5, 0.6) is 5.75 Å². The number of likely N-dealkylation sites (N-methyl/N-ethyl adjacent to an activating group) is 1. The first-order valence-electron chi connectivity index (χ1n) is 16.8. The van der Waals surface area contributed by atoms with Crippen molar-refractivity contribution in [3.8, 4) is 28.3 Å². The largest absolute Gasteiger partial charge is 0.497 e. The second-order valence-electron chi connectivity index (χ2n) is 11.3. The van der Waals surface area contributed by atoms with E-state index in [1.165, 1.54) is 47.9 Å². The van der Waals surface area contributed by atoms with Gasteiger partial charge in [0.05, 0.1) is 18.5 Å². The lowest BCUT2D eigenvalue weighted by molar-refractivity contribution is 0.414. The number of hydrogen-bond donors (Lipinski definition) is 4. The van der Waals surface area contributed by atoms with Crippen LogP contribution < -0.4 is 21.1 Å². The first-order chi connectivity index (χ1) is 22.9. The summed E-state index contributed by atoms with van der Waals surface area (Å²) in [5, 5.41) is 20.9. The maximum atomic E-state index is 6.20. The Bertz CT molecular complexity index is 1610. The van der Waals surface area contributed by atoms with Crippen LogP contribution in [0, 0.1) is 0 Å². The highest BCUT2D eigenvalue weighted by atomic mass is 16.5. The van der Waals surface area contributed by atoms with Gasteiger partial charge in [0, 0.05) is 24.9 Å². The number of aryl methyl sites for hydroxylation is 3. The van der Waals surface area contributed by atoms with Crippen molar-refractivity contribution in [3.63, 3.8) is 0 Å². The topological polar surface area (TPSA) is 114 Å². The second kappa shape index (κ2) is 19.6. The SMILES string of the molecule is C=C(NCCC)/C(NC)=C(C)\C=C(/N)CCc1cccc(OC)c1.CC.c1ccc(-c2nn[nH]n2)c(-c2ccc3c(c2)CCCC3)c1. The van der Waals surface area contributed by atoms with Gasteiger partial charge >= 0.3 is 0 Å². The highest BCUT2D eigenvalue weighted by Gasteiger charge is 2.14. The van der Waals surface area contributed by atoms with Gasteiger partial charge in [-0.1, -0.05) is 81.9 Å². The summed E-state index contributed by atoms with van der Waals surface area (Å²) in [7, 11) is 3.58. The zero-order valence-electron chi connectivity index (χ0n) is 29.1. The number of rotatable bonds is 12. The number of nitrogens with two attached hydrogens (primary N) is 1. The molecule has 8 nitrogen and oxygen atoms in total. The number of fused-ring (bicyclic) bond motifs is 1. The van der Waals surface area contributed by atoms with Crippen molar-refractivity contribution < 1.29 is 4.74 Å². The predicted octanol–water partition coefficient (Wildman–Crippen LogP) is 7.92. The molecule has 0 amide bonds. The quantitative estimate of drug-likeness (QED) is 0.117. The summed E-state index contributed by atoms with van der Waals surface area (Å²) >= 11 is 0. The summed E-state index contributed by atoms with van der Waals surface area (Å²) in [4.78, 5) is 0. The summed E-state index contributed by atoms with van der Waals surface area (Å²) in [6.07, 6.45) is 9.77. The molecule has 0 bridgehead atoms. The summed E-state index contributed by atoms with van der Waals surface area (Å²) in [6, 6.07) is 23.1. The van der Waals surface area contributed by atoms with E-state index in [0.717, 1.165) is 65.3 Å². The van der Waals surface area contributed by atoms with E-state index in [-0.39, 0.29) is 0 Å². The number of nitrogens with one attached hydrogen (secondary N) is 3. The molecule has 5 rings (SSSR count). The molecular formula is C39H53N7O. The van der Waals surface area contributed by atoms with Crippen LogP contribution in [0.15, 0.2) is 102 Å². The van der Waals surface area contributed by atoms with E-state index in [4.69, 9.17) is 10.5 Å². The van der Waals surface area contributed by atoms with E-state index in [1.54, 1.807) is 7.11 Å². The third-order valence-corrected chi connectivity index (χ3v) is 7.95. The van der Waals surface area contributed by atoms with Gasteiger partial charge in [-0.05, 0) is 109 Å². The van der Waals surface area contributed by atoms with Crippen LogP contribution in [0.2, 0.25) is 0 Å². The fraction of sp³-hybridized carbons (Fsp3) is 0.359. The van der Waals surface area contributed by atoms with E-state index in [9.17, 15) is 0 Å². The van der Waals surface area contributed by atoms with E-state index in [1.807, 2.05) is 64.2 Å². The summed E-state index contributed by atoms with van der Waals surface area (Å²) in [5.41, 5.74) is 17.6. The minimum Gasteiger partial charge on any atom is -0.497 e. The zero-order chi connectivity index (χ0) is 34.0. The Labute approximate surface area is 281 Å². The van der Waals surface area contributed by atoms with Gasteiger partial charge in [-0.25, -0.2) is 0 Å². The van der Waals surface area contributed by atoms with Crippen molar-refractivity contribution in [2.45, 2.75) is 72.6 Å². The molecule has 0 atom stereocenters. The Kier molecular flexibility index (Phi) is 15.3. The van der Waals surface area contributed by atoms with Crippen molar-refractivity contribution in [3.05, 3.63) is 119 Å². The molecule has 1 aliphatic carbocycles. The average Bonchev–Trinajstić information content (AvgIpc) is 3.66. The Balaban J connectivity index is 0.000000244. The monoisotopic (exact) mass is 635 g/mol. The van der Waals surface area contributed by atoms with Crippen LogP contribution in [0.1, 0.15) is 70.1 Å². The number of nitrogens with zero attached hydrogens (tertiary/aromatic N) is 3. The Hall–Kier alpha value is -4.85. The molecule has 0 saturated heterocycles. The highest BCUT2D eigenvalue weighted by molar-refractivity contribution is 5.80. The van der Waals surface area contributed by atoms with Crippen LogP contribution >= 0.6 is 0 Å².